The molecule has 0 saturated carbocycles. The molecule has 156 valence electrons. The van der Waals surface area contributed by atoms with E-state index < -0.39 is 0 Å². The summed E-state index contributed by atoms with van der Waals surface area (Å²) in [5, 5.41) is 3.33. The second-order valence-corrected chi connectivity index (χ2v) is 8.24. The zero-order chi connectivity index (χ0) is 19.2. The Morgan fingerprint density at radius 2 is 1.86 bits per heavy atom. The predicted molar refractivity (Wildman–Crippen MR) is 113 cm³/mol. The van der Waals surface area contributed by atoms with E-state index in [0.717, 1.165) is 38.0 Å². The molecule has 1 N–H and O–H groups in total. The quantitative estimate of drug-likeness (QED) is 0.735. The van der Waals surface area contributed by atoms with Gasteiger partial charge in [-0.1, -0.05) is 38.1 Å². The average molecular weight is 409 g/mol. The van der Waals surface area contributed by atoms with Crippen LogP contribution in [0.1, 0.15) is 49.0 Å². The summed E-state index contributed by atoms with van der Waals surface area (Å²) >= 11 is 0. The highest BCUT2D eigenvalue weighted by molar-refractivity contribution is 5.98. The largest absolute Gasteiger partial charge is 0.378 e. The standard InChI is InChI=1S/C22H32N2O3.ClH/c1-16(2)13-17-3-5-18(6-4-17)22(26)19-7-10-24(11-8-19)21(25)14-20-15-27-12-9-23-20;/h3-6,16,19-20,23H,7-15H2,1-2H3;1H. The first-order chi connectivity index (χ1) is 13.0. The summed E-state index contributed by atoms with van der Waals surface area (Å²) in [5.74, 6) is 1.03. The van der Waals surface area contributed by atoms with Gasteiger partial charge in [0, 0.05) is 43.6 Å². The lowest BCUT2D eigenvalue weighted by atomic mass is 9.88. The second-order valence-electron chi connectivity index (χ2n) is 8.24. The van der Waals surface area contributed by atoms with Gasteiger partial charge in [-0.2, -0.15) is 0 Å². The number of ether oxygens (including phenoxy) is 1. The number of nitrogens with zero attached hydrogens (tertiary/aromatic N) is 1. The molecule has 2 saturated heterocycles. The topological polar surface area (TPSA) is 58.6 Å². The number of halogens is 1. The summed E-state index contributed by atoms with van der Waals surface area (Å²) in [7, 11) is 0. The lowest BCUT2D eigenvalue weighted by molar-refractivity contribution is -0.133. The Labute approximate surface area is 174 Å². The number of Topliss-reactive ketones (excluding diaryl/α,β-unsaturated/α-hetero) is 1. The Hall–Kier alpha value is -1.43. The molecular weight excluding hydrogens is 376 g/mol. The highest BCUT2D eigenvalue weighted by atomic mass is 35.5. The number of hydrogen-bond acceptors (Lipinski definition) is 4. The Morgan fingerprint density at radius 3 is 2.43 bits per heavy atom. The van der Waals surface area contributed by atoms with Crippen LogP contribution in [-0.2, 0) is 16.0 Å². The minimum atomic E-state index is 0. The van der Waals surface area contributed by atoms with Crippen molar-refractivity contribution >= 4 is 24.1 Å². The van der Waals surface area contributed by atoms with E-state index in [1.54, 1.807) is 0 Å². The molecule has 2 aliphatic rings. The summed E-state index contributed by atoms with van der Waals surface area (Å²) in [6.07, 6.45) is 3.03. The molecular formula is C22H33ClN2O3. The van der Waals surface area contributed by atoms with Gasteiger partial charge in [0.2, 0.25) is 5.91 Å². The number of likely N-dealkylation sites (tertiary alicyclic amines) is 1. The highest BCUT2D eigenvalue weighted by Crippen LogP contribution is 2.23. The van der Waals surface area contributed by atoms with E-state index in [-0.39, 0.29) is 36.1 Å². The molecule has 0 bridgehead atoms. The van der Waals surface area contributed by atoms with Gasteiger partial charge in [0.25, 0.3) is 0 Å². The van der Waals surface area contributed by atoms with Gasteiger partial charge in [-0.15, -0.1) is 12.4 Å². The van der Waals surface area contributed by atoms with Crippen LogP contribution in [0.3, 0.4) is 0 Å². The van der Waals surface area contributed by atoms with Crippen LogP contribution in [0.5, 0.6) is 0 Å². The minimum Gasteiger partial charge on any atom is -0.378 e. The Morgan fingerprint density at radius 1 is 1.18 bits per heavy atom. The molecule has 2 aliphatic heterocycles. The first-order valence-corrected chi connectivity index (χ1v) is 10.2. The number of nitrogens with one attached hydrogen (secondary N) is 1. The molecule has 0 aliphatic carbocycles. The van der Waals surface area contributed by atoms with Crippen molar-refractivity contribution in [2.75, 3.05) is 32.8 Å². The van der Waals surface area contributed by atoms with E-state index in [2.05, 4.69) is 31.3 Å². The second kappa shape index (κ2) is 10.9. The molecule has 1 unspecified atom stereocenters. The van der Waals surface area contributed by atoms with E-state index in [9.17, 15) is 9.59 Å². The van der Waals surface area contributed by atoms with Crippen LogP contribution in [0, 0.1) is 11.8 Å². The Bertz CT molecular complexity index is 634. The van der Waals surface area contributed by atoms with Crippen molar-refractivity contribution in [3.05, 3.63) is 35.4 Å². The summed E-state index contributed by atoms with van der Waals surface area (Å²) in [5.41, 5.74) is 2.08. The van der Waals surface area contributed by atoms with Crippen LogP contribution in [0.15, 0.2) is 24.3 Å². The summed E-state index contributed by atoms with van der Waals surface area (Å²) in [4.78, 5) is 27.2. The third-order valence-corrected chi connectivity index (χ3v) is 5.52. The van der Waals surface area contributed by atoms with Gasteiger partial charge in [0.15, 0.2) is 5.78 Å². The summed E-state index contributed by atoms with van der Waals surface area (Å²) in [6, 6.07) is 8.20. The highest BCUT2D eigenvalue weighted by Gasteiger charge is 2.29. The van der Waals surface area contributed by atoms with Crippen LogP contribution in [-0.4, -0.2) is 55.5 Å². The van der Waals surface area contributed by atoms with Crippen molar-refractivity contribution in [1.29, 1.82) is 0 Å². The molecule has 6 heteroatoms. The SMILES string of the molecule is CC(C)Cc1ccc(C(=O)C2CCN(C(=O)CC3COCCN3)CC2)cc1.Cl. The van der Waals surface area contributed by atoms with Gasteiger partial charge in [0.1, 0.15) is 0 Å². The van der Waals surface area contributed by atoms with E-state index in [1.807, 2.05) is 17.0 Å². The van der Waals surface area contributed by atoms with Gasteiger partial charge >= 0.3 is 0 Å². The van der Waals surface area contributed by atoms with E-state index >= 15 is 0 Å². The van der Waals surface area contributed by atoms with E-state index in [1.165, 1.54) is 5.56 Å². The summed E-state index contributed by atoms with van der Waals surface area (Å²) < 4.78 is 5.42. The van der Waals surface area contributed by atoms with Crippen LogP contribution < -0.4 is 5.32 Å². The van der Waals surface area contributed by atoms with Gasteiger partial charge in [0.05, 0.1) is 13.2 Å². The van der Waals surface area contributed by atoms with Crippen molar-refractivity contribution in [2.24, 2.45) is 11.8 Å². The molecule has 1 aromatic rings. The normalized spacial score (nSPS) is 20.7. The number of hydrogen-bond donors (Lipinski definition) is 1. The number of carbonyl (C=O) groups is 2. The first-order valence-electron chi connectivity index (χ1n) is 10.2. The van der Waals surface area contributed by atoms with Gasteiger partial charge < -0.3 is 15.0 Å². The van der Waals surface area contributed by atoms with Crippen LogP contribution in [0.25, 0.3) is 0 Å². The predicted octanol–water partition coefficient (Wildman–Crippen LogP) is 3.11. The van der Waals surface area contributed by atoms with Gasteiger partial charge in [-0.3, -0.25) is 9.59 Å². The first kappa shape index (κ1) is 22.9. The molecule has 0 aromatic heterocycles. The maximum Gasteiger partial charge on any atom is 0.224 e. The third-order valence-electron chi connectivity index (χ3n) is 5.52. The maximum atomic E-state index is 12.8. The zero-order valence-electron chi connectivity index (χ0n) is 17.0. The number of benzene rings is 1. The fourth-order valence-electron chi connectivity index (χ4n) is 3.99. The number of rotatable bonds is 6. The molecule has 0 spiro atoms. The van der Waals surface area contributed by atoms with E-state index in [4.69, 9.17) is 4.74 Å². The Balaban J connectivity index is 0.00000280. The number of ketones is 1. The van der Waals surface area contributed by atoms with Crippen LogP contribution >= 0.6 is 12.4 Å². The molecule has 1 aromatic carbocycles. The molecule has 2 fully saturated rings. The number of piperidine rings is 1. The molecule has 1 amide bonds. The molecule has 2 heterocycles. The number of amides is 1. The van der Waals surface area contributed by atoms with Crippen molar-refractivity contribution in [2.45, 2.75) is 45.6 Å². The van der Waals surface area contributed by atoms with Gasteiger partial charge in [-0.25, -0.2) is 0 Å². The average Bonchev–Trinajstić information content (AvgIpc) is 2.68. The zero-order valence-corrected chi connectivity index (χ0v) is 17.8. The van der Waals surface area contributed by atoms with Crippen LogP contribution in [0.4, 0.5) is 0 Å². The number of morpholine rings is 1. The molecule has 5 nitrogen and oxygen atoms in total. The lowest BCUT2D eigenvalue weighted by Crippen LogP contribution is -2.47. The third kappa shape index (κ3) is 6.29. The maximum absolute atomic E-state index is 12.8. The minimum absolute atomic E-state index is 0. The monoisotopic (exact) mass is 408 g/mol. The molecule has 0 radical (unpaired) electrons. The number of carbonyl (C=O) groups excluding carboxylic acids is 2. The van der Waals surface area contributed by atoms with E-state index in [0.29, 0.717) is 32.0 Å². The smallest absolute Gasteiger partial charge is 0.224 e. The lowest BCUT2D eigenvalue weighted by Gasteiger charge is -2.33. The summed E-state index contributed by atoms with van der Waals surface area (Å²) in [6.45, 7) is 7.88. The van der Waals surface area contributed by atoms with Crippen molar-refractivity contribution < 1.29 is 14.3 Å². The van der Waals surface area contributed by atoms with Crippen molar-refractivity contribution in [1.82, 2.24) is 10.2 Å². The fourth-order valence-corrected chi connectivity index (χ4v) is 3.99. The van der Waals surface area contributed by atoms with Crippen LogP contribution in [0.2, 0.25) is 0 Å². The molecule has 3 rings (SSSR count). The Kier molecular flexibility index (Phi) is 8.93. The molecule has 1 atom stereocenters. The van der Waals surface area contributed by atoms with Crippen molar-refractivity contribution in [3.8, 4) is 0 Å². The fraction of sp³-hybridized carbons (Fsp3) is 0.636. The molecule has 28 heavy (non-hydrogen) atoms. The van der Waals surface area contributed by atoms with Gasteiger partial charge in [-0.05, 0) is 30.7 Å². The van der Waals surface area contributed by atoms with Crippen molar-refractivity contribution in [3.63, 3.8) is 0 Å².